The number of anilines is 2. The van der Waals surface area contributed by atoms with Crippen LogP contribution in [0, 0.1) is 0 Å². The van der Waals surface area contributed by atoms with Gasteiger partial charge in [0.1, 0.15) is 5.70 Å². The van der Waals surface area contributed by atoms with Crippen LogP contribution in [0.3, 0.4) is 0 Å². The van der Waals surface area contributed by atoms with Gasteiger partial charge in [0.05, 0.1) is 11.3 Å². The Balaban J connectivity index is 1.78. The summed E-state index contributed by atoms with van der Waals surface area (Å²) in [6, 6.07) is 26.2. The van der Waals surface area contributed by atoms with Crippen LogP contribution in [-0.2, 0) is 16.0 Å². The van der Waals surface area contributed by atoms with Crippen LogP contribution in [-0.4, -0.2) is 11.8 Å². The highest BCUT2D eigenvalue weighted by atomic mass is 16.2. The highest BCUT2D eigenvalue weighted by Gasteiger charge is 2.40. The monoisotopic (exact) mass is 368 g/mol. The lowest BCUT2D eigenvalue weighted by Gasteiger charge is -2.15. The molecule has 0 bridgehead atoms. The lowest BCUT2D eigenvalue weighted by Crippen LogP contribution is -2.32. The highest BCUT2D eigenvalue weighted by molar-refractivity contribution is 6.46. The third kappa shape index (κ3) is 3.21. The van der Waals surface area contributed by atoms with E-state index in [1.165, 1.54) is 10.5 Å². The van der Waals surface area contributed by atoms with Gasteiger partial charge >= 0.3 is 0 Å². The van der Waals surface area contributed by atoms with E-state index in [0.717, 1.165) is 12.1 Å². The fraction of sp³-hybridized carbons (Fsp3) is 0.0833. The number of nitrogens with one attached hydrogen (secondary N) is 1. The summed E-state index contributed by atoms with van der Waals surface area (Å²) < 4.78 is 0. The third-order valence-corrected chi connectivity index (χ3v) is 4.79. The molecule has 3 aromatic rings. The molecule has 138 valence electrons. The molecule has 0 fully saturated rings. The van der Waals surface area contributed by atoms with E-state index in [4.69, 9.17) is 0 Å². The molecule has 0 spiro atoms. The van der Waals surface area contributed by atoms with Crippen LogP contribution in [0.2, 0.25) is 0 Å². The normalized spacial score (nSPS) is 14.0. The van der Waals surface area contributed by atoms with Crippen molar-refractivity contribution in [3.05, 3.63) is 102 Å². The summed E-state index contributed by atoms with van der Waals surface area (Å²) in [5.74, 6) is -0.676. The molecule has 1 heterocycles. The second-order valence-corrected chi connectivity index (χ2v) is 6.57. The van der Waals surface area contributed by atoms with E-state index in [0.29, 0.717) is 22.5 Å². The first-order chi connectivity index (χ1) is 13.7. The summed E-state index contributed by atoms with van der Waals surface area (Å²) in [6.45, 7) is 2.09. The van der Waals surface area contributed by atoms with E-state index in [1.807, 2.05) is 72.8 Å². The van der Waals surface area contributed by atoms with Gasteiger partial charge < -0.3 is 5.32 Å². The van der Waals surface area contributed by atoms with E-state index in [2.05, 4.69) is 12.2 Å². The molecule has 0 atom stereocenters. The van der Waals surface area contributed by atoms with Crippen molar-refractivity contribution in [1.29, 1.82) is 0 Å². The number of imide groups is 1. The van der Waals surface area contributed by atoms with Crippen molar-refractivity contribution >= 4 is 28.8 Å². The average Bonchev–Trinajstić information content (AvgIpc) is 2.99. The molecule has 0 unspecified atom stereocenters. The third-order valence-electron chi connectivity index (χ3n) is 4.79. The number of hydrogen-bond donors (Lipinski definition) is 1. The molecule has 4 rings (SSSR count). The molecule has 28 heavy (non-hydrogen) atoms. The van der Waals surface area contributed by atoms with Crippen molar-refractivity contribution in [2.45, 2.75) is 13.3 Å². The maximum absolute atomic E-state index is 13.2. The predicted molar refractivity (Wildman–Crippen MR) is 112 cm³/mol. The van der Waals surface area contributed by atoms with Gasteiger partial charge in [0.15, 0.2) is 0 Å². The van der Waals surface area contributed by atoms with Crippen molar-refractivity contribution in [2.24, 2.45) is 0 Å². The summed E-state index contributed by atoms with van der Waals surface area (Å²) in [5, 5.41) is 3.19. The maximum Gasteiger partial charge on any atom is 0.282 e. The minimum absolute atomic E-state index is 0.296. The Hall–Kier alpha value is -3.66. The molecular formula is C24H20N2O2. The molecule has 0 radical (unpaired) electrons. The van der Waals surface area contributed by atoms with Crippen LogP contribution in [0.5, 0.6) is 0 Å². The van der Waals surface area contributed by atoms with Crippen LogP contribution in [0.25, 0.3) is 5.57 Å². The molecule has 0 saturated heterocycles. The number of carbonyl (C=O) groups excluding carboxylic acids is 2. The van der Waals surface area contributed by atoms with E-state index in [9.17, 15) is 9.59 Å². The van der Waals surface area contributed by atoms with Crippen molar-refractivity contribution in [1.82, 2.24) is 0 Å². The molecule has 0 aliphatic carbocycles. The first kappa shape index (κ1) is 17.7. The van der Waals surface area contributed by atoms with E-state index in [1.54, 1.807) is 12.1 Å². The van der Waals surface area contributed by atoms with Gasteiger partial charge in [-0.15, -0.1) is 0 Å². The molecule has 1 aliphatic rings. The Labute approximate surface area is 164 Å². The molecular weight excluding hydrogens is 348 g/mol. The van der Waals surface area contributed by atoms with Gasteiger partial charge in [-0.2, -0.15) is 0 Å². The van der Waals surface area contributed by atoms with Crippen molar-refractivity contribution in [3.8, 4) is 0 Å². The average molecular weight is 368 g/mol. The zero-order valence-electron chi connectivity index (χ0n) is 15.6. The molecule has 0 aromatic heterocycles. The first-order valence-corrected chi connectivity index (χ1v) is 9.28. The van der Waals surface area contributed by atoms with Gasteiger partial charge in [-0.25, -0.2) is 4.90 Å². The SMILES string of the molecule is CCc1ccc(NC2=C(c3ccccc3)C(=O)N(c3ccccc3)C2=O)cc1. The van der Waals surface area contributed by atoms with Crippen LogP contribution < -0.4 is 10.2 Å². The number of para-hydroxylation sites is 1. The number of aryl methyl sites for hydroxylation is 1. The number of carbonyl (C=O) groups is 2. The molecule has 1 aliphatic heterocycles. The minimum Gasteiger partial charge on any atom is -0.350 e. The zero-order chi connectivity index (χ0) is 19.5. The zero-order valence-corrected chi connectivity index (χ0v) is 15.6. The summed E-state index contributed by atoms with van der Waals surface area (Å²) in [7, 11) is 0. The molecule has 4 heteroatoms. The maximum atomic E-state index is 13.2. The molecule has 2 amide bonds. The smallest absolute Gasteiger partial charge is 0.282 e. The predicted octanol–water partition coefficient (Wildman–Crippen LogP) is 4.65. The van der Waals surface area contributed by atoms with Crippen molar-refractivity contribution < 1.29 is 9.59 Å². The second-order valence-electron chi connectivity index (χ2n) is 6.57. The second kappa shape index (κ2) is 7.53. The van der Waals surface area contributed by atoms with E-state index >= 15 is 0 Å². The number of amides is 2. The van der Waals surface area contributed by atoms with Gasteiger partial charge in [-0.05, 0) is 41.8 Å². The highest BCUT2D eigenvalue weighted by Crippen LogP contribution is 2.33. The topological polar surface area (TPSA) is 49.4 Å². The van der Waals surface area contributed by atoms with Gasteiger partial charge in [0.2, 0.25) is 0 Å². The van der Waals surface area contributed by atoms with Gasteiger partial charge in [-0.1, -0.05) is 67.6 Å². The Morgan fingerprint density at radius 3 is 1.96 bits per heavy atom. The fourth-order valence-corrected chi connectivity index (χ4v) is 3.30. The molecule has 0 saturated carbocycles. The Kier molecular flexibility index (Phi) is 4.77. The largest absolute Gasteiger partial charge is 0.350 e. The van der Waals surface area contributed by atoms with Crippen LogP contribution in [0.15, 0.2) is 90.6 Å². The van der Waals surface area contributed by atoms with Gasteiger partial charge in [0.25, 0.3) is 11.8 Å². The van der Waals surface area contributed by atoms with E-state index in [-0.39, 0.29) is 11.8 Å². The van der Waals surface area contributed by atoms with Crippen molar-refractivity contribution in [2.75, 3.05) is 10.2 Å². The lowest BCUT2D eigenvalue weighted by atomic mass is 10.0. The standard InChI is InChI=1S/C24H20N2O2/c1-2-17-13-15-19(16-14-17)25-22-21(18-9-5-3-6-10-18)23(27)26(24(22)28)20-11-7-4-8-12-20/h3-16,25H,2H2,1H3. The fourth-order valence-electron chi connectivity index (χ4n) is 3.30. The first-order valence-electron chi connectivity index (χ1n) is 9.28. The summed E-state index contributed by atoms with van der Waals surface area (Å²) >= 11 is 0. The molecule has 1 N–H and O–H groups in total. The number of benzene rings is 3. The minimum atomic E-state index is -0.352. The van der Waals surface area contributed by atoms with Crippen LogP contribution in [0.1, 0.15) is 18.1 Å². The van der Waals surface area contributed by atoms with E-state index < -0.39 is 0 Å². The van der Waals surface area contributed by atoms with Crippen molar-refractivity contribution in [3.63, 3.8) is 0 Å². The number of rotatable bonds is 5. The summed E-state index contributed by atoms with van der Waals surface area (Å²) in [4.78, 5) is 27.7. The van der Waals surface area contributed by atoms with Crippen LogP contribution in [0.4, 0.5) is 11.4 Å². The lowest BCUT2D eigenvalue weighted by molar-refractivity contribution is -0.120. The Bertz CT molecular complexity index is 1040. The Morgan fingerprint density at radius 1 is 0.750 bits per heavy atom. The summed E-state index contributed by atoms with van der Waals surface area (Å²) in [5.41, 5.74) is 3.94. The summed E-state index contributed by atoms with van der Waals surface area (Å²) in [6.07, 6.45) is 0.942. The molecule has 3 aromatic carbocycles. The number of hydrogen-bond acceptors (Lipinski definition) is 3. The van der Waals surface area contributed by atoms with Gasteiger partial charge in [0, 0.05) is 5.69 Å². The molecule has 4 nitrogen and oxygen atoms in total. The number of nitrogens with zero attached hydrogens (tertiary/aromatic N) is 1. The van der Waals surface area contributed by atoms with Crippen LogP contribution >= 0.6 is 0 Å². The Morgan fingerprint density at radius 2 is 1.36 bits per heavy atom. The quantitative estimate of drug-likeness (QED) is 0.667. The van der Waals surface area contributed by atoms with Gasteiger partial charge in [-0.3, -0.25) is 9.59 Å².